The third-order valence-electron chi connectivity index (χ3n) is 4.04. The summed E-state index contributed by atoms with van der Waals surface area (Å²) >= 11 is 0. The first-order chi connectivity index (χ1) is 11.0. The number of hydrogen-bond donors (Lipinski definition) is 2. The summed E-state index contributed by atoms with van der Waals surface area (Å²) in [5.41, 5.74) is 1.41. The summed E-state index contributed by atoms with van der Waals surface area (Å²) in [5.74, 6) is 1.00. The van der Waals surface area contributed by atoms with Gasteiger partial charge in [-0.15, -0.1) is 0 Å². The normalized spacial score (nSPS) is 19.2. The second-order valence-corrected chi connectivity index (χ2v) is 5.98. The number of hydrogen-bond acceptors (Lipinski definition) is 5. The molecular weight excluding hydrogens is 298 g/mol. The second kappa shape index (κ2) is 5.98. The Morgan fingerprint density at radius 3 is 2.61 bits per heavy atom. The molecule has 0 bridgehead atoms. The second-order valence-electron chi connectivity index (χ2n) is 5.98. The first-order valence-corrected chi connectivity index (χ1v) is 7.73. The molecule has 0 spiro atoms. The molecule has 0 saturated carbocycles. The standard InChI is InChI=1S/C16H21N3O4/c1-9(2)15-16(21)19(8-14(20)17-3)11-7-13-12(6-10(11)18-15)22-4-5-23-13/h6-7,9,15,18H,4-5,8H2,1-3H3,(H,17,20). The summed E-state index contributed by atoms with van der Waals surface area (Å²) in [5, 5.41) is 5.82. The van der Waals surface area contributed by atoms with Crippen molar-refractivity contribution < 1.29 is 19.1 Å². The summed E-state index contributed by atoms with van der Waals surface area (Å²) < 4.78 is 11.2. The van der Waals surface area contributed by atoms with Crippen LogP contribution in [0.15, 0.2) is 12.1 Å². The van der Waals surface area contributed by atoms with Crippen LogP contribution in [-0.4, -0.2) is 44.7 Å². The molecule has 2 amide bonds. The smallest absolute Gasteiger partial charge is 0.250 e. The number of carbonyl (C=O) groups excluding carboxylic acids is 2. The van der Waals surface area contributed by atoms with Crippen molar-refractivity contribution in [3.05, 3.63) is 12.1 Å². The van der Waals surface area contributed by atoms with E-state index in [4.69, 9.17) is 9.47 Å². The first-order valence-electron chi connectivity index (χ1n) is 7.73. The maximum atomic E-state index is 12.8. The molecule has 1 aromatic carbocycles. The summed E-state index contributed by atoms with van der Waals surface area (Å²) in [7, 11) is 1.56. The van der Waals surface area contributed by atoms with Gasteiger partial charge in [0, 0.05) is 19.2 Å². The van der Waals surface area contributed by atoms with E-state index in [0.717, 1.165) is 5.69 Å². The lowest BCUT2D eigenvalue weighted by molar-refractivity contribution is -0.124. The average Bonchev–Trinajstić information content (AvgIpc) is 2.55. The molecule has 7 heteroatoms. The SMILES string of the molecule is CNC(=O)CN1C(=O)C(C(C)C)Nc2cc3c(cc21)OCCO3. The minimum Gasteiger partial charge on any atom is -0.486 e. The molecule has 2 aliphatic heterocycles. The van der Waals surface area contributed by atoms with Crippen LogP contribution in [0, 0.1) is 5.92 Å². The van der Waals surface area contributed by atoms with E-state index in [2.05, 4.69) is 10.6 Å². The summed E-state index contributed by atoms with van der Waals surface area (Å²) in [6.45, 7) is 4.89. The first kappa shape index (κ1) is 15.5. The molecule has 1 aromatic rings. The van der Waals surface area contributed by atoms with Gasteiger partial charge in [0.1, 0.15) is 25.8 Å². The van der Waals surface area contributed by atoms with E-state index in [0.29, 0.717) is 30.4 Å². The van der Waals surface area contributed by atoms with Gasteiger partial charge in [-0.1, -0.05) is 13.8 Å². The van der Waals surface area contributed by atoms with Crippen LogP contribution < -0.4 is 25.0 Å². The Labute approximate surface area is 134 Å². The highest BCUT2D eigenvalue weighted by molar-refractivity contribution is 6.08. The van der Waals surface area contributed by atoms with Crippen molar-refractivity contribution in [3.63, 3.8) is 0 Å². The van der Waals surface area contributed by atoms with E-state index in [1.807, 2.05) is 19.9 Å². The van der Waals surface area contributed by atoms with E-state index in [1.54, 1.807) is 13.1 Å². The van der Waals surface area contributed by atoms with Gasteiger partial charge in [-0.25, -0.2) is 0 Å². The Bertz CT molecular complexity index is 644. The van der Waals surface area contributed by atoms with Crippen LogP contribution in [0.25, 0.3) is 0 Å². The molecule has 0 aliphatic carbocycles. The van der Waals surface area contributed by atoms with Crippen molar-refractivity contribution in [2.24, 2.45) is 5.92 Å². The monoisotopic (exact) mass is 319 g/mol. The lowest BCUT2D eigenvalue weighted by atomic mass is 9.98. The van der Waals surface area contributed by atoms with Crippen LogP contribution in [0.4, 0.5) is 11.4 Å². The molecule has 0 saturated heterocycles. The van der Waals surface area contributed by atoms with Crippen LogP contribution >= 0.6 is 0 Å². The van der Waals surface area contributed by atoms with E-state index >= 15 is 0 Å². The van der Waals surface area contributed by atoms with Gasteiger partial charge in [0.25, 0.3) is 0 Å². The Balaban J connectivity index is 2.04. The topological polar surface area (TPSA) is 79.9 Å². The zero-order valence-corrected chi connectivity index (χ0v) is 13.5. The lowest BCUT2D eigenvalue weighted by Crippen LogP contribution is -2.52. The Morgan fingerprint density at radius 2 is 2.00 bits per heavy atom. The zero-order valence-electron chi connectivity index (χ0n) is 13.5. The van der Waals surface area contributed by atoms with Gasteiger partial charge in [-0.05, 0) is 5.92 Å². The van der Waals surface area contributed by atoms with Gasteiger partial charge in [-0.3, -0.25) is 14.5 Å². The van der Waals surface area contributed by atoms with E-state index in [-0.39, 0.29) is 30.3 Å². The Morgan fingerprint density at radius 1 is 1.35 bits per heavy atom. The number of fused-ring (bicyclic) bond motifs is 2. The van der Waals surface area contributed by atoms with Crippen molar-refractivity contribution in [2.75, 3.05) is 37.0 Å². The van der Waals surface area contributed by atoms with Crippen LogP contribution in [0.3, 0.4) is 0 Å². The van der Waals surface area contributed by atoms with Gasteiger partial charge < -0.3 is 20.1 Å². The van der Waals surface area contributed by atoms with Crippen molar-refractivity contribution in [1.29, 1.82) is 0 Å². The molecule has 2 N–H and O–H groups in total. The number of amides is 2. The van der Waals surface area contributed by atoms with Crippen molar-refractivity contribution in [2.45, 2.75) is 19.9 Å². The fourth-order valence-electron chi connectivity index (χ4n) is 2.77. The molecule has 0 radical (unpaired) electrons. The summed E-state index contributed by atoms with van der Waals surface area (Å²) in [6, 6.07) is 3.21. The molecule has 2 aliphatic rings. The lowest BCUT2D eigenvalue weighted by Gasteiger charge is -2.37. The molecular formula is C16H21N3O4. The molecule has 23 heavy (non-hydrogen) atoms. The molecule has 0 fully saturated rings. The maximum absolute atomic E-state index is 12.8. The molecule has 3 rings (SSSR count). The fraction of sp³-hybridized carbons (Fsp3) is 0.500. The third-order valence-corrected chi connectivity index (χ3v) is 4.04. The average molecular weight is 319 g/mol. The van der Waals surface area contributed by atoms with Crippen molar-refractivity contribution >= 4 is 23.2 Å². The highest BCUT2D eigenvalue weighted by atomic mass is 16.6. The fourth-order valence-corrected chi connectivity index (χ4v) is 2.77. The number of nitrogens with zero attached hydrogens (tertiary/aromatic N) is 1. The van der Waals surface area contributed by atoms with Gasteiger partial charge >= 0.3 is 0 Å². The number of rotatable bonds is 3. The Kier molecular flexibility index (Phi) is 4.02. The summed E-state index contributed by atoms with van der Waals surface area (Å²) in [6.07, 6.45) is 0. The number of nitrogens with one attached hydrogen (secondary N) is 2. The molecule has 7 nitrogen and oxygen atoms in total. The zero-order chi connectivity index (χ0) is 16.6. The van der Waals surface area contributed by atoms with Gasteiger partial charge in [0.2, 0.25) is 11.8 Å². The largest absolute Gasteiger partial charge is 0.486 e. The van der Waals surface area contributed by atoms with Crippen LogP contribution in [0.5, 0.6) is 11.5 Å². The summed E-state index contributed by atoms with van der Waals surface area (Å²) in [4.78, 5) is 26.1. The van der Waals surface area contributed by atoms with Gasteiger partial charge in [0.05, 0.1) is 11.4 Å². The number of ether oxygens (including phenoxy) is 2. The molecule has 1 atom stereocenters. The van der Waals surface area contributed by atoms with E-state index in [1.165, 1.54) is 4.90 Å². The van der Waals surface area contributed by atoms with Crippen LogP contribution in [-0.2, 0) is 9.59 Å². The van der Waals surface area contributed by atoms with Crippen LogP contribution in [0.1, 0.15) is 13.8 Å². The maximum Gasteiger partial charge on any atom is 0.250 e. The van der Waals surface area contributed by atoms with Gasteiger partial charge in [-0.2, -0.15) is 0 Å². The van der Waals surface area contributed by atoms with E-state index < -0.39 is 0 Å². The van der Waals surface area contributed by atoms with Crippen molar-refractivity contribution in [1.82, 2.24) is 5.32 Å². The Hall–Kier alpha value is -2.44. The predicted octanol–water partition coefficient (Wildman–Crippen LogP) is 0.987. The minimum atomic E-state index is -0.380. The molecule has 1 unspecified atom stereocenters. The molecule has 124 valence electrons. The number of anilines is 2. The van der Waals surface area contributed by atoms with Crippen molar-refractivity contribution in [3.8, 4) is 11.5 Å². The number of carbonyl (C=O) groups is 2. The third kappa shape index (κ3) is 2.78. The molecule has 2 heterocycles. The molecule has 0 aromatic heterocycles. The van der Waals surface area contributed by atoms with E-state index in [9.17, 15) is 9.59 Å². The predicted molar refractivity (Wildman–Crippen MR) is 86.1 cm³/mol. The number of benzene rings is 1. The minimum absolute atomic E-state index is 0.0210. The van der Waals surface area contributed by atoms with Gasteiger partial charge in [0.15, 0.2) is 11.5 Å². The number of likely N-dealkylation sites (N-methyl/N-ethyl adjacent to an activating group) is 1. The highest BCUT2D eigenvalue weighted by Gasteiger charge is 2.36. The highest BCUT2D eigenvalue weighted by Crippen LogP contribution is 2.42. The van der Waals surface area contributed by atoms with Crippen LogP contribution in [0.2, 0.25) is 0 Å². The quantitative estimate of drug-likeness (QED) is 0.868.